The van der Waals surface area contributed by atoms with Crippen LogP contribution in [0.25, 0.3) is 0 Å². The predicted molar refractivity (Wildman–Crippen MR) is 138 cm³/mol. The molecule has 1 aromatic carbocycles. The number of nitrogens with zero attached hydrogens (tertiary/aromatic N) is 5. The summed E-state index contributed by atoms with van der Waals surface area (Å²) in [6.45, 7) is 9.76. The molecule has 3 rings (SSSR count). The quantitative estimate of drug-likeness (QED) is 0.230. The van der Waals surface area contributed by atoms with Crippen molar-refractivity contribution in [3.05, 3.63) is 84.1 Å². The van der Waals surface area contributed by atoms with Crippen LogP contribution in [-0.2, 0) is 11.3 Å². The number of rotatable bonds is 10. The molecule has 2 aliphatic heterocycles. The van der Waals surface area contributed by atoms with E-state index in [1.54, 1.807) is 0 Å². The van der Waals surface area contributed by atoms with Crippen molar-refractivity contribution in [2.24, 2.45) is 9.98 Å². The highest BCUT2D eigenvalue weighted by Crippen LogP contribution is 2.17. The second-order valence-electron chi connectivity index (χ2n) is 8.90. The molecule has 1 aromatic rings. The number of allylic oxidation sites excluding steroid dienone is 4. The molecule has 0 aromatic heterocycles. The van der Waals surface area contributed by atoms with E-state index in [2.05, 4.69) is 57.7 Å². The summed E-state index contributed by atoms with van der Waals surface area (Å²) >= 11 is 0. The number of aliphatic imine (C=N–C) groups is 2. The van der Waals surface area contributed by atoms with Crippen molar-refractivity contribution in [3.8, 4) is 0 Å². The van der Waals surface area contributed by atoms with E-state index in [1.165, 1.54) is 5.56 Å². The summed E-state index contributed by atoms with van der Waals surface area (Å²) in [6.07, 6.45) is 13.8. The van der Waals surface area contributed by atoms with Crippen molar-refractivity contribution in [2.75, 3.05) is 40.8 Å². The average molecular weight is 448 g/mol. The third-order valence-corrected chi connectivity index (χ3v) is 5.55. The number of benzene rings is 1. The van der Waals surface area contributed by atoms with Crippen LogP contribution in [0.1, 0.15) is 30.9 Å². The highest BCUT2D eigenvalue weighted by molar-refractivity contribution is 5.97. The van der Waals surface area contributed by atoms with Crippen LogP contribution in [0.3, 0.4) is 0 Å². The molecule has 2 heterocycles. The van der Waals surface area contributed by atoms with Gasteiger partial charge in [-0.2, -0.15) is 0 Å². The molecule has 0 N–H and O–H groups in total. The first-order valence-corrected chi connectivity index (χ1v) is 11.6. The first kappa shape index (κ1) is 24.5. The zero-order valence-corrected chi connectivity index (χ0v) is 20.4. The summed E-state index contributed by atoms with van der Waals surface area (Å²) in [6, 6.07) is 8.46. The molecule has 0 aliphatic carbocycles. The highest BCUT2D eigenvalue weighted by atomic mass is 16.5. The Labute approximate surface area is 199 Å². The van der Waals surface area contributed by atoms with Crippen LogP contribution in [0.15, 0.2) is 82.9 Å². The molecule has 0 atom stereocenters. The van der Waals surface area contributed by atoms with Crippen LogP contribution in [-0.4, -0.2) is 73.6 Å². The minimum absolute atomic E-state index is 0.307. The summed E-state index contributed by atoms with van der Waals surface area (Å²) < 4.78 is 6.03. The first-order valence-electron chi connectivity index (χ1n) is 11.6. The molecule has 0 bridgehead atoms. The van der Waals surface area contributed by atoms with Crippen LogP contribution in [0.4, 0.5) is 0 Å². The highest BCUT2D eigenvalue weighted by Gasteiger charge is 2.26. The topological polar surface area (TPSA) is 43.4 Å². The van der Waals surface area contributed by atoms with Crippen LogP contribution >= 0.6 is 0 Å². The molecule has 0 spiro atoms. The van der Waals surface area contributed by atoms with Gasteiger partial charge in [-0.3, -0.25) is 4.99 Å². The molecule has 176 valence electrons. The van der Waals surface area contributed by atoms with Gasteiger partial charge in [0.2, 0.25) is 0 Å². The normalized spacial score (nSPS) is 19.6. The fraction of sp³-hybridized carbons (Fsp3) is 0.407. The molecule has 0 amide bonds. The molecule has 0 saturated carbocycles. The van der Waals surface area contributed by atoms with Crippen LogP contribution < -0.4 is 0 Å². The Morgan fingerprint density at radius 1 is 1.27 bits per heavy atom. The van der Waals surface area contributed by atoms with Crippen molar-refractivity contribution in [1.82, 2.24) is 14.7 Å². The number of ether oxygens (including phenoxy) is 1. The lowest BCUT2D eigenvalue weighted by molar-refractivity contribution is 0.0588. The van der Waals surface area contributed by atoms with Gasteiger partial charge < -0.3 is 19.4 Å². The Balaban J connectivity index is 1.48. The van der Waals surface area contributed by atoms with Gasteiger partial charge in [-0.25, -0.2) is 4.99 Å². The summed E-state index contributed by atoms with van der Waals surface area (Å²) in [4.78, 5) is 15.6. The molecule has 6 nitrogen and oxygen atoms in total. The summed E-state index contributed by atoms with van der Waals surface area (Å²) in [7, 11) is 6.14. The first-order chi connectivity index (χ1) is 15.9. The van der Waals surface area contributed by atoms with Crippen molar-refractivity contribution in [3.63, 3.8) is 0 Å². The van der Waals surface area contributed by atoms with Gasteiger partial charge >= 0.3 is 0 Å². The van der Waals surface area contributed by atoms with Crippen molar-refractivity contribution in [1.29, 1.82) is 0 Å². The minimum Gasteiger partial charge on any atom is -0.493 e. The summed E-state index contributed by atoms with van der Waals surface area (Å²) in [5.41, 5.74) is 3.36. The molecule has 2 aliphatic rings. The van der Waals surface area contributed by atoms with E-state index in [0.717, 1.165) is 61.8 Å². The second-order valence-corrected chi connectivity index (χ2v) is 8.90. The smallest absolute Gasteiger partial charge is 0.124 e. The van der Waals surface area contributed by atoms with E-state index >= 15 is 0 Å². The Kier molecular flexibility index (Phi) is 9.07. The lowest BCUT2D eigenvalue weighted by Crippen LogP contribution is -2.33. The number of amidine groups is 1. The summed E-state index contributed by atoms with van der Waals surface area (Å²) in [5.74, 6) is 1.97. The van der Waals surface area contributed by atoms with Gasteiger partial charge in [0.25, 0.3) is 0 Å². The Bertz CT molecular complexity index is 949. The fourth-order valence-electron chi connectivity index (χ4n) is 3.69. The third kappa shape index (κ3) is 8.73. The van der Waals surface area contributed by atoms with Gasteiger partial charge in [-0.05, 0) is 55.7 Å². The largest absolute Gasteiger partial charge is 0.493 e. The molecule has 2 saturated heterocycles. The SMILES string of the molecule is C=CC(/C=C/N=C1CN1Cc1cccc(C=N/C=C(\C)OC2CCN(C)CC2)c1)=C\N(C)C. The van der Waals surface area contributed by atoms with E-state index in [-0.39, 0.29) is 0 Å². The molecular formula is C27H37N5O. The van der Waals surface area contributed by atoms with Gasteiger partial charge in [0.15, 0.2) is 0 Å². The Morgan fingerprint density at radius 3 is 2.79 bits per heavy atom. The van der Waals surface area contributed by atoms with Crippen molar-refractivity contribution < 1.29 is 4.74 Å². The summed E-state index contributed by atoms with van der Waals surface area (Å²) in [5, 5.41) is 0. The van der Waals surface area contributed by atoms with Gasteiger partial charge in [-0.1, -0.05) is 30.9 Å². The maximum absolute atomic E-state index is 6.03. The molecule has 0 unspecified atom stereocenters. The number of hydrogen-bond acceptors (Lipinski definition) is 5. The number of hydrogen-bond donors (Lipinski definition) is 0. The predicted octanol–water partition coefficient (Wildman–Crippen LogP) is 4.44. The Hall–Kier alpha value is -3.12. The van der Waals surface area contributed by atoms with E-state index in [1.807, 2.05) is 62.9 Å². The van der Waals surface area contributed by atoms with Gasteiger partial charge in [0.05, 0.1) is 12.7 Å². The van der Waals surface area contributed by atoms with Gasteiger partial charge in [0, 0.05) is 52.3 Å². The molecular weight excluding hydrogens is 410 g/mol. The lowest BCUT2D eigenvalue weighted by Gasteiger charge is -2.29. The number of likely N-dealkylation sites (tertiary alicyclic amines) is 1. The maximum atomic E-state index is 6.03. The fourth-order valence-corrected chi connectivity index (χ4v) is 3.69. The van der Waals surface area contributed by atoms with Crippen molar-refractivity contribution >= 4 is 12.1 Å². The number of piperidine rings is 1. The average Bonchev–Trinajstić information content (AvgIpc) is 3.52. The molecule has 6 heteroatoms. The minimum atomic E-state index is 0.307. The standard InChI is InChI=1S/C27H37N5O/c1-6-23(19-30(3)4)10-13-29-27-21-32(27)20-25-9-7-8-24(16-25)18-28-17-22(2)33-26-11-14-31(5)15-12-26/h6-10,13,16-19,26H,1,11-12,14-15,20-21H2,2-5H3/b13-10+,22-17+,23-19+,28-18?,29-27?. The zero-order chi connectivity index (χ0) is 23.6. The zero-order valence-electron chi connectivity index (χ0n) is 20.4. The van der Waals surface area contributed by atoms with Crippen LogP contribution in [0.5, 0.6) is 0 Å². The lowest BCUT2D eigenvalue weighted by atomic mass is 10.1. The van der Waals surface area contributed by atoms with E-state index in [0.29, 0.717) is 6.10 Å². The second kappa shape index (κ2) is 12.2. The monoisotopic (exact) mass is 447 g/mol. The van der Waals surface area contributed by atoms with Gasteiger partial charge in [-0.15, -0.1) is 0 Å². The van der Waals surface area contributed by atoms with E-state index in [9.17, 15) is 0 Å². The van der Waals surface area contributed by atoms with Crippen LogP contribution in [0.2, 0.25) is 0 Å². The Morgan fingerprint density at radius 2 is 2.06 bits per heavy atom. The van der Waals surface area contributed by atoms with Crippen molar-refractivity contribution in [2.45, 2.75) is 32.4 Å². The van der Waals surface area contributed by atoms with Gasteiger partial charge in [0.1, 0.15) is 17.7 Å². The van der Waals surface area contributed by atoms with E-state index < -0.39 is 0 Å². The third-order valence-electron chi connectivity index (χ3n) is 5.55. The van der Waals surface area contributed by atoms with Crippen LogP contribution in [0, 0.1) is 0 Å². The molecule has 2 fully saturated rings. The molecule has 33 heavy (non-hydrogen) atoms. The van der Waals surface area contributed by atoms with E-state index in [4.69, 9.17) is 4.74 Å². The molecule has 0 radical (unpaired) electrons. The maximum Gasteiger partial charge on any atom is 0.124 e.